The standard InChI is InChI=1S/C15H19N3O4.ClH/c1-19-11-6-10(7-12(20-2)13(11)21-3)14-17-15(22-18-14)9-4-5-16-8-9;/h6-7,9,16H,4-5,8H2,1-3H3;1H/t9-;/m0./s1. The number of benzene rings is 1. The number of hydrogen-bond acceptors (Lipinski definition) is 7. The first-order valence-corrected chi connectivity index (χ1v) is 7.11. The van der Waals surface area contributed by atoms with Crippen molar-refractivity contribution in [1.29, 1.82) is 0 Å². The van der Waals surface area contributed by atoms with Crippen LogP contribution in [0.1, 0.15) is 18.2 Å². The molecule has 0 amide bonds. The van der Waals surface area contributed by atoms with Gasteiger partial charge in [-0.15, -0.1) is 12.4 Å². The van der Waals surface area contributed by atoms with Crippen LogP contribution in [0.4, 0.5) is 0 Å². The molecule has 1 atom stereocenters. The molecule has 0 bridgehead atoms. The summed E-state index contributed by atoms with van der Waals surface area (Å²) in [7, 11) is 4.72. The highest BCUT2D eigenvalue weighted by molar-refractivity contribution is 5.85. The van der Waals surface area contributed by atoms with Crippen molar-refractivity contribution < 1.29 is 18.7 Å². The van der Waals surface area contributed by atoms with Crippen LogP contribution in [-0.2, 0) is 0 Å². The lowest BCUT2D eigenvalue weighted by Crippen LogP contribution is -2.08. The fourth-order valence-electron chi connectivity index (χ4n) is 2.59. The molecule has 0 radical (unpaired) electrons. The van der Waals surface area contributed by atoms with Crippen molar-refractivity contribution in [3.8, 4) is 28.6 Å². The van der Waals surface area contributed by atoms with Crippen molar-refractivity contribution in [2.75, 3.05) is 34.4 Å². The Labute approximate surface area is 140 Å². The normalized spacial score (nSPS) is 16.7. The van der Waals surface area contributed by atoms with Crippen LogP contribution in [0.25, 0.3) is 11.4 Å². The van der Waals surface area contributed by atoms with Gasteiger partial charge in [-0.2, -0.15) is 4.98 Å². The van der Waals surface area contributed by atoms with E-state index in [1.54, 1.807) is 21.3 Å². The molecule has 1 N–H and O–H groups in total. The number of ether oxygens (including phenoxy) is 3. The molecule has 1 aromatic heterocycles. The van der Waals surface area contributed by atoms with Crippen LogP contribution in [-0.4, -0.2) is 44.6 Å². The van der Waals surface area contributed by atoms with Gasteiger partial charge in [-0.1, -0.05) is 5.16 Å². The zero-order chi connectivity index (χ0) is 15.5. The number of halogens is 1. The number of nitrogens with zero attached hydrogens (tertiary/aromatic N) is 2. The number of hydrogen-bond donors (Lipinski definition) is 1. The summed E-state index contributed by atoms with van der Waals surface area (Å²) in [6.07, 6.45) is 1.01. The predicted octanol–water partition coefficient (Wildman–Crippen LogP) is 2.26. The minimum atomic E-state index is 0. The maximum absolute atomic E-state index is 5.39. The van der Waals surface area contributed by atoms with Crippen LogP contribution in [0.3, 0.4) is 0 Å². The van der Waals surface area contributed by atoms with Gasteiger partial charge >= 0.3 is 0 Å². The van der Waals surface area contributed by atoms with E-state index < -0.39 is 0 Å². The highest BCUT2D eigenvalue weighted by Crippen LogP contribution is 2.40. The molecule has 1 aliphatic rings. The smallest absolute Gasteiger partial charge is 0.231 e. The van der Waals surface area contributed by atoms with Gasteiger partial charge in [0.25, 0.3) is 0 Å². The van der Waals surface area contributed by atoms with Gasteiger partial charge in [0, 0.05) is 12.1 Å². The first-order valence-electron chi connectivity index (χ1n) is 7.11. The molecule has 8 heteroatoms. The van der Waals surface area contributed by atoms with E-state index in [-0.39, 0.29) is 18.3 Å². The van der Waals surface area contributed by atoms with E-state index in [0.717, 1.165) is 25.1 Å². The molecule has 1 saturated heterocycles. The van der Waals surface area contributed by atoms with Gasteiger partial charge in [-0.3, -0.25) is 0 Å². The van der Waals surface area contributed by atoms with Crippen LogP contribution < -0.4 is 19.5 Å². The van der Waals surface area contributed by atoms with Crippen LogP contribution in [0, 0.1) is 0 Å². The van der Waals surface area contributed by atoms with Crippen molar-refractivity contribution in [3.63, 3.8) is 0 Å². The Bertz CT molecular complexity index is 631. The monoisotopic (exact) mass is 341 g/mol. The molecule has 1 aliphatic heterocycles. The molecule has 0 spiro atoms. The highest BCUT2D eigenvalue weighted by Gasteiger charge is 2.24. The molecule has 2 aromatic rings. The molecule has 23 heavy (non-hydrogen) atoms. The zero-order valence-corrected chi connectivity index (χ0v) is 14.1. The van der Waals surface area contributed by atoms with Crippen LogP contribution in [0.15, 0.2) is 16.7 Å². The summed E-state index contributed by atoms with van der Waals surface area (Å²) in [4.78, 5) is 4.50. The summed E-state index contributed by atoms with van der Waals surface area (Å²) in [5, 5.41) is 7.36. The Morgan fingerprint density at radius 1 is 1.13 bits per heavy atom. The fourth-order valence-corrected chi connectivity index (χ4v) is 2.59. The van der Waals surface area contributed by atoms with Gasteiger partial charge in [0.05, 0.1) is 27.2 Å². The Morgan fingerprint density at radius 3 is 2.35 bits per heavy atom. The average Bonchev–Trinajstić information content (AvgIpc) is 3.23. The van der Waals surface area contributed by atoms with Crippen LogP contribution >= 0.6 is 12.4 Å². The van der Waals surface area contributed by atoms with E-state index in [9.17, 15) is 0 Å². The second kappa shape index (κ2) is 7.52. The Morgan fingerprint density at radius 2 is 1.83 bits per heavy atom. The second-order valence-corrected chi connectivity index (χ2v) is 5.06. The first kappa shape index (κ1) is 17.4. The Hall–Kier alpha value is -1.99. The van der Waals surface area contributed by atoms with Gasteiger partial charge in [-0.25, -0.2) is 0 Å². The number of methoxy groups -OCH3 is 3. The van der Waals surface area contributed by atoms with Gasteiger partial charge in [0.1, 0.15) is 0 Å². The summed E-state index contributed by atoms with van der Waals surface area (Å²) >= 11 is 0. The Kier molecular flexibility index (Phi) is 5.68. The lowest BCUT2D eigenvalue weighted by atomic mass is 10.1. The van der Waals surface area contributed by atoms with Crippen molar-refractivity contribution >= 4 is 12.4 Å². The third kappa shape index (κ3) is 3.35. The van der Waals surface area contributed by atoms with E-state index in [2.05, 4.69) is 15.5 Å². The summed E-state index contributed by atoms with van der Waals surface area (Å²) in [5.41, 5.74) is 0.760. The molecule has 2 heterocycles. The van der Waals surface area contributed by atoms with E-state index in [0.29, 0.717) is 29.0 Å². The Balaban J connectivity index is 0.00000192. The first-order chi connectivity index (χ1) is 10.8. The maximum Gasteiger partial charge on any atom is 0.231 e. The van der Waals surface area contributed by atoms with Gasteiger partial charge < -0.3 is 24.1 Å². The van der Waals surface area contributed by atoms with E-state index in [1.807, 2.05) is 12.1 Å². The average molecular weight is 342 g/mol. The lowest BCUT2D eigenvalue weighted by molar-refractivity contribution is 0.324. The van der Waals surface area contributed by atoms with E-state index in [1.165, 1.54) is 0 Å². The van der Waals surface area contributed by atoms with Crippen molar-refractivity contribution in [2.45, 2.75) is 12.3 Å². The maximum atomic E-state index is 5.39. The summed E-state index contributed by atoms with van der Waals surface area (Å²) in [6.45, 7) is 1.85. The predicted molar refractivity (Wildman–Crippen MR) is 86.9 cm³/mol. The summed E-state index contributed by atoms with van der Waals surface area (Å²) in [6, 6.07) is 3.62. The van der Waals surface area contributed by atoms with Crippen molar-refractivity contribution in [3.05, 3.63) is 18.0 Å². The topological polar surface area (TPSA) is 78.6 Å². The SMILES string of the molecule is COc1cc(-c2noc([C@H]3CCNC3)n2)cc(OC)c1OC.Cl. The highest BCUT2D eigenvalue weighted by atomic mass is 35.5. The molecular formula is C15H20ClN3O4. The van der Waals surface area contributed by atoms with E-state index >= 15 is 0 Å². The van der Waals surface area contributed by atoms with Gasteiger partial charge in [0.2, 0.25) is 17.5 Å². The molecule has 126 valence electrons. The third-order valence-corrected chi connectivity index (χ3v) is 3.77. The van der Waals surface area contributed by atoms with Crippen LogP contribution in [0.2, 0.25) is 0 Å². The van der Waals surface area contributed by atoms with Gasteiger partial charge in [-0.05, 0) is 25.1 Å². The molecule has 0 saturated carbocycles. The number of rotatable bonds is 5. The number of nitrogens with one attached hydrogen (secondary N) is 1. The molecule has 0 unspecified atom stereocenters. The largest absolute Gasteiger partial charge is 0.493 e. The summed E-state index contributed by atoms with van der Waals surface area (Å²) in [5.74, 6) is 3.12. The number of aromatic nitrogens is 2. The van der Waals surface area contributed by atoms with Crippen LogP contribution in [0.5, 0.6) is 17.2 Å². The second-order valence-electron chi connectivity index (χ2n) is 5.06. The zero-order valence-electron chi connectivity index (χ0n) is 13.3. The minimum Gasteiger partial charge on any atom is -0.493 e. The molecule has 7 nitrogen and oxygen atoms in total. The van der Waals surface area contributed by atoms with Gasteiger partial charge in [0.15, 0.2) is 11.5 Å². The lowest BCUT2D eigenvalue weighted by Gasteiger charge is -2.12. The van der Waals surface area contributed by atoms with Crippen molar-refractivity contribution in [2.24, 2.45) is 0 Å². The fraction of sp³-hybridized carbons (Fsp3) is 0.467. The molecule has 0 aliphatic carbocycles. The minimum absolute atomic E-state index is 0. The quantitative estimate of drug-likeness (QED) is 0.893. The molecule has 3 rings (SSSR count). The van der Waals surface area contributed by atoms with E-state index in [4.69, 9.17) is 18.7 Å². The molecule has 1 fully saturated rings. The summed E-state index contributed by atoms with van der Waals surface area (Å²) < 4.78 is 21.4. The third-order valence-electron chi connectivity index (χ3n) is 3.77. The van der Waals surface area contributed by atoms with Crippen molar-refractivity contribution in [1.82, 2.24) is 15.5 Å². The molecule has 1 aromatic carbocycles. The molecular weight excluding hydrogens is 322 g/mol.